The largest absolute Gasteiger partial charge is 0.414 e. The van der Waals surface area contributed by atoms with Gasteiger partial charge in [-0.2, -0.15) is 0 Å². The number of nitro groups is 2. The summed E-state index contributed by atoms with van der Waals surface area (Å²) in [5.41, 5.74) is 7.03. The highest BCUT2D eigenvalue weighted by Gasteiger charge is 2.13. The predicted octanol–water partition coefficient (Wildman–Crippen LogP) is 3.37. The molecule has 3 amide bonds. The van der Waals surface area contributed by atoms with Crippen LogP contribution in [0.4, 0.5) is 21.0 Å². The molecule has 56 heavy (non-hydrogen) atoms. The molecule has 0 heterocycles. The number of non-ortho nitro benzene ring substituents is 2. The molecule has 0 fully saturated rings. The second-order valence-electron chi connectivity index (χ2n) is 10.6. The average molecular weight is 815 g/mol. The van der Waals surface area contributed by atoms with E-state index >= 15 is 0 Å². The first-order valence-corrected chi connectivity index (χ1v) is 17.0. The lowest BCUT2D eigenvalue weighted by Crippen LogP contribution is -2.40. The number of nitrogens with zero attached hydrogens (tertiary/aromatic N) is 6. The van der Waals surface area contributed by atoms with Crippen LogP contribution in [0.2, 0.25) is 0 Å². The summed E-state index contributed by atoms with van der Waals surface area (Å²) >= 11 is 4.92. The maximum absolute atomic E-state index is 12.0. The van der Waals surface area contributed by atoms with Crippen molar-refractivity contribution in [3.8, 4) is 11.5 Å². The van der Waals surface area contributed by atoms with E-state index in [4.69, 9.17) is 45.6 Å². The Kier molecular flexibility index (Phi) is 26.4. The van der Waals surface area contributed by atoms with Crippen LogP contribution in [0.5, 0.6) is 11.5 Å². The van der Waals surface area contributed by atoms with E-state index in [0.29, 0.717) is 59.2 Å². The standard InChI is InChI=1S/C25H39N7O11.C7H4ClNO4/c1-31(19-23(33)27-7-2-8-29-30-26)24(34)20-42-18-17-41-16-15-40-14-13-39-12-11-38-10-9-28-25(35)43-22-5-3-21(4-6-22)32(36)37;8-7(10)13-6-3-1-5(2-4-6)9(11)12/h3-6H,2,7-20H2,1H3,(H,27,33)(H,28,35);1-4H. The van der Waals surface area contributed by atoms with Crippen molar-refractivity contribution in [3.05, 3.63) is 79.2 Å². The fourth-order valence-corrected chi connectivity index (χ4v) is 3.75. The van der Waals surface area contributed by atoms with Crippen LogP contribution in [-0.4, -0.2) is 137 Å². The number of carbonyl (C=O) groups is 4. The molecule has 0 bridgehead atoms. The van der Waals surface area contributed by atoms with Gasteiger partial charge in [-0.05, 0) is 36.2 Å². The zero-order chi connectivity index (χ0) is 41.4. The molecule has 0 radical (unpaired) electrons. The lowest BCUT2D eigenvalue weighted by molar-refractivity contribution is -0.385. The van der Waals surface area contributed by atoms with Crippen LogP contribution in [0.25, 0.3) is 10.4 Å². The number of amides is 3. The quantitative estimate of drug-likeness (QED) is 0.0248. The minimum absolute atomic E-state index is 0.0747. The van der Waals surface area contributed by atoms with Crippen molar-refractivity contribution in [1.29, 1.82) is 0 Å². The van der Waals surface area contributed by atoms with Gasteiger partial charge in [0, 0.05) is 67.5 Å². The maximum atomic E-state index is 12.0. The third-order valence-electron chi connectivity index (χ3n) is 6.36. The van der Waals surface area contributed by atoms with Crippen LogP contribution in [0, 0.1) is 20.2 Å². The molecule has 0 aliphatic heterocycles. The number of hydrogen-bond donors (Lipinski definition) is 2. The Morgan fingerprint density at radius 3 is 1.66 bits per heavy atom. The molecule has 0 aliphatic carbocycles. The lowest BCUT2D eigenvalue weighted by Gasteiger charge is -2.16. The molecule has 0 saturated carbocycles. The minimum atomic E-state index is -0.978. The first kappa shape index (κ1) is 48.3. The topological polar surface area (TPSA) is 295 Å². The highest BCUT2D eigenvalue weighted by Crippen LogP contribution is 2.18. The zero-order valence-electron chi connectivity index (χ0n) is 30.4. The van der Waals surface area contributed by atoms with Gasteiger partial charge in [-0.25, -0.2) is 9.59 Å². The van der Waals surface area contributed by atoms with E-state index in [2.05, 4.69) is 25.4 Å². The van der Waals surface area contributed by atoms with E-state index in [1.807, 2.05) is 0 Å². The van der Waals surface area contributed by atoms with E-state index in [0.717, 1.165) is 0 Å². The highest BCUT2D eigenvalue weighted by molar-refractivity contribution is 6.61. The molecule has 2 aromatic carbocycles. The molecule has 0 spiro atoms. The van der Waals surface area contributed by atoms with Crippen LogP contribution in [0.15, 0.2) is 53.6 Å². The summed E-state index contributed by atoms with van der Waals surface area (Å²) in [6.07, 6.45) is -0.178. The lowest BCUT2D eigenvalue weighted by atomic mass is 10.3. The Bertz CT molecular complexity index is 1550. The Morgan fingerprint density at radius 2 is 1.20 bits per heavy atom. The molecule has 0 saturated heterocycles. The molecular weight excluding hydrogens is 772 g/mol. The predicted molar refractivity (Wildman–Crippen MR) is 195 cm³/mol. The zero-order valence-corrected chi connectivity index (χ0v) is 31.2. The first-order valence-electron chi connectivity index (χ1n) is 16.6. The number of likely N-dealkylation sites (N-methyl/N-ethyl adjacent to an activating group) is 1. The molecule has 0 aromatic heterocycles. The Labute approximate surface area is 325 Å². The third-order valence-corrected chi connectivity index (χ3v) is 6.44. The monoisotopic (exact) mass is 814 g/mol. The van der Waals surface area contributed by atoms with Crippen molar-refractivity contribution >= 4 is 46.3 Å². The summed E-state index contributed by atoms with van der Waals surface area (Å²) in [4.78, 5) is 69.3. The average Bonchev–Trinajstić information content (AvgIpc) is 3.16. The van der Waals surface area contributed by atoms with Crippen LogP contribution in [0.3, 0.4) is 0 Å². The Morgan fingerprint density at radius 1 is 0.732 bits per heavy atom. The summed E-state index contributed by atoms with van der Waals surface area (Å²) < 4.78 is 36.2. The Hall–Kier alpha value is -5.68. The second kappa shape index (κ2) is 30.6. The number of nitro benzene ring substituents is 2. The molecule has 308 valence electrons. The normalized spacial score (nSPS) is 10.2. The van der Waals surface area contributed by atoms with Crippen molar-refractivity contribution in [2.75, 3.05) is 99.3 Å². The van der Waals surface area contributed by atoms with Crippen LogP contribution in [0.1, 0.15) is 6.42 Å². The summed E-state index contributed by atoms with van der Waals surface area (Å²) in [6.45, 7) is 3.47. The number of hydrogen-bond acceptors (Lipinski definition) is 16. The molecule has 24 heteroatoms. The van der Waals surface area contributed by atoms with Gasteiger partial charge in [0.1, 0.15) is 18.1 Å². The van der Waals surface area contributed by atoms with Crippen molar-refractivity contribution in [2.24, 2.45) is 5.11 Å². The van der Waals surface area contributed by atoms with Gasteiger partial charge in [0.25, 0.3) is 11.4 Å². The number of azide groups is 1. The van der Waals surface area contributed by atoms with E-state index < -0.39 is 21.4 Å². The smallest absolute Gasteiger partial charge is 0.412 e. The summed E-state index contributed by atoms with van der Waals surface area (Å²) in [5.74, 6) is -0.290. The number of nitrogens with one attached hydrogen (secondary N) is 2. The number of benzene rings is 2. The molecule has 0 unspecified atom stereocenters. The van der Waals surface area contributed by atoms with Gasteiger partial charge in [-0.15, -0.1) is 0 Å². The number of carbonyl (C=O) groups excluding carboxylic acids is 4. The Balaban J connectivity index is 0.00000101. The van der Waals surface area contributed by atoms with Crippen LogP contribution < -0.4 is 20.1 Å². The van der Waals surface area contributed by atoms with Gasteiger partial charge in [-0.1, -0.05) is 5.11 Å². The van der Waals surface area contributed by atoms with E-state index in [-0.39, 0.29) is 74.2 Å². The third kappa shape index (κ3) is 25.4. The summed E-state index contributed by atoms with van der Waals surface area (Å²) in [7, 11) is 1.50. The van der Waals surface area contributed by atoms with Gasteiger partial charge in [-0.3, -0.25) is 29.8 Å². The maximum Gasteiger partial charge on any atom is 0.412 e. The molecule has 2 N–H and O–H groups in total. The van der Waals surface area contributed by atoms with Crippen molar-refractivity contribution in [2.45, 2.75) is 6.42 Å². The first-order chi connectivity index (χ1) is 26.9. The molecule has 0 atom stereocenters. The molecule has 2 rings (SSSR count). The van der Waals surface area contributed by atoms with E-state index in [9.17, 15) is 39.4 Å². The summed E-state index contributed by atoms with van der Waals surface area (Å²) in [6, 6.07) is 10.2. The van der Waals surface area contributed by atoms with Crippen molar-refractivity contribution < 1.29 is 62.2 Å². The molecular formula is C32H43ClN8O15. The molecule has 2 aromatic rings. The van der Waals surface area contributed by atoms with E-state index in [1.165, 1.54) is 60.5 Å². The highest BCUT2D eigenvalue weighted by atomic mass is 35.5. The number of rotatable bonds is 27. The van der Waals surface area contributed by atoms with E-state index in [1.54, 1.807) is 0 Å². The van der Waals surface area contributed by atoms with Crippen LogP contribution in [-0.2, 0) is 33.3 Å². The fourth-order valence-electron chi connectivity index (χ4n) is 3.66. The van der Waals surface area contributed by atoms with Gasteiger partial charge >= 0.3 is 11.5 Å². The van der Waals surface area contributed by atoms with Crippen LogP contribution >= 0.6 is 11.6 Å². The van der Waals surface area contributed by atoms with Crippen molar-refractivity contribution in [1.82, 2.24) is 15.5 Å². The van der Waals surface area contributed by atoms with Gasteiger partial charge < -0.3 is 48.7 Å². The molecule has 0 aliphatic rings. The number of ether oxygens (including phenoxy) is 7. The summed E-state index contributed by atoms with van der Waals surface area (Å²) in [5, 5.41) is 29.3. The number of halogens is 1. The fraction of sp³-hybridized carbons (Fsp3) is 0.500. The SMILES string of the molecule is CN(CC(=O)NCCCN=[N+]=[N-])C(=O)COCCOCCOCCOCCOCCNC(=O)Oc1ccc([N+](=O)[O-])cc1.O=C(Cl)Oc1ccc([N+](=O)[O-])cc1. The minimum Gasteiger partial charge on any atom is -0.414 e. The molecule has 23 nitrogen and oxygen atoms in total. The van der Waals surface area contributed by atoms with Gasteiger partial charge in [0.15, 0.2) is 0 Å². The second-order valence-corrected chi connectivity index (χ2v) is 10.9. The van der Waals surface area contributed by atoms with Gasteiger partial charge in [0.05, 0.1) is 75.9 Å². The van der Waals surface area contributed by atoms with Crippen molar-refractivity contribution in [3.63, 3.8) is 0 Å². The van der Waals surface area contributed by atoms with Gasteiger partial charge in [0.2, 0.25) is 11.8 Å².